The molecule has 1 unspecified atom stereocenters. The van der Waals surface area contributed by atoms with Crippen molar-refractivity contribution in [1.82, 2.24) is 5.32 Å². The fourth-order valence-electron chi connectivity index (χ4n) is 1.25. The molecule has 0 radical (unpaired) electrons. The topological polar surface area (TPSA) is 81.4 Å². The molecular weight excluding hydrogens is 320 g/mol. The van der Waals surface area contributed by atoms with Gasteiger partial charge >= 0.3 is 0 Å². The van der Waals surface area contributed by atoms with Gasteiger partial charge in [-0.15, -0.1) is 0 Å². The standard InChI is InChI=1S/C11H15BrN2O3S/c1-17-5-4-14-11(15)7-18(16)10-6-8(12)2-3-9(10)13/h2-3,6H,4-5,7,13H2,1H3,(H,14,15). The zero-order valence-corrected chi connectivity index (χ0v) is 12.3. The molecule has 0 aliphatic heterocycles. The summed E-state index contributed by atoms with van der Waals surface area (Å²) in [5.74, 6) is -0.394. The molecule has 7 heteroatoms. The molecular formula is C11H15BrN2O3S. The second-order valence-electron chi connectivity index (χ2n) is 3.51. The number of rotatable bonds is 6. The molecule has 18 heavy (non-hydrogen) atoms. The van der Waals surface area contributed by atoms with E-state index in [1.807, 2.05) is 0 Å². The van der Waals surface area contributed by atoms with Gasteiger partial charge in [0.1, 0.15) is 5.75 Å². The molecule has 0 bridgehead atoms. The van der Waals surface area contributed by atoms with Crippen LogP contribution >= 0.6 is 15.9 Å². The van der Waals surface area contributed by atoms with Crippen LogP contribution in [-0.2, 0) is 20.3 Å². The van der Waals surface area contributed by atoms with Crippen LogP contribution in [0.2, 0.25) is 0 Å². The van der Waals surface area contributed by atoms with E-state index in [9.17, 15) is 9.00 Å². The number of benzene rings is 1. The summed E-state index contributed by atoms with van der Waals surface area (Å²) < 4.78 is 17.6. The molecule has 3 N–H and O–H groups in total. The van der Waals surface area contributed by atoms with Gasteiger partial charge in [0, 0.05) is 23.8 Å². The third kappa shape index (κ3) is 4.75. The molecule has 0 saturated carbocycles. The molecule has 5 nitrogen and oxygen atoms in total. The highest BCUT2D eigenvalue weighted by molar-refractivity contribution is 9.10. The number of nitrogen functional groups attached to an aromatic ring is 1. The fourth-order valence-corrected chi connectivity index (χ4v) is 2.84. The minimum Gasteiger partial charge on any atom is -0.398 e. The maximum atomic E-state index is 12.0. The van der Waals surface area contributed by atoms with Crippen molar-refractivity contribution >= 4 is 38.3 Å². The Kier molecular flexibility index (Phi) is 6.31. The second kappa shape index (κ2) is 7.50. The Hall–Kier alpha value is -0.920. The zero-order chi connectivity index (χ0) is 13.5. The molecule has 0 heterocycles. The highest BCUT2D eigenvalue weighted by atomic mass is 79.9. The quantitative estimate of drug-likeness (QED) is 0.598. The maximum absolute atomic E-state index is 12.0. The lowest BCUT2D eigenvalue weighted by atomic mass is 10.3. The molecule has 0 spiro atoms. The molecule has 100 valence electrons. The van der Waals surface area contributed by atoms with E-state index in [0.29, 0.717) is 23.7 Å². The van der Waals surface area contributed by atoms with E-state index in [1.165, 1.54) is 0 Å². The van der Waals surface area contributed by atoms with Gasteiger partial charge in [-0.25, -0.2) is 0 Å². The maximum Gasteiger partial charge on any atom is 0.233 e. The average molecular weight is 335 g/mol. The minimum atomic E-state index is -1.45. The first-order valence-electron chi connectivity index (χ1n) is 5.23. The molecule has 0 saturated heterocycles. The van der Waals surface area contributed by atoms with Crippen molar-refractivity contribution in [2.75, 3.05) is 31.7 Å². The van der Waals surface area contributed by atoms with Crippen LogP contribution in [0.4, 0.5) is 5.69 Å². The minimum absolute atomic E-state index is 0.107. The summed E-state index contributed by atoms with van der Waals surface area (Å²) in [6.07, 6.45) is 0. The van der Waals surface area contributed by atoms with Crippen molar-refractivity contribution in [3.05, 3.63) is 22.7 Å². The van der Waals surface area contributed by atoms with Crippen molar-refractivity contribution in [1.29, 1.82) is 0 Å². The summed E-state index contributed by atoms with van der Waals surface area (Å²) in [5.41, 5.74) is 6.14. The van der Waals surface area contributed by atoms with Gasteiger partial charge < -0.3 is 15.8 Å². The van der Waals surface area contributed by atoms with Crippen LogP contribution < -0.4 is 11.1 Å². The first-order valence-corrected chi connectivity index (χ1v) is 7.35. The van der Waals surface area contributed by atoms with Gasteiger partial charge in [0.05, 0.1) is 22.3 Å². The Balaban J connectivity index is 2.59. The van der Waals surface area contributed by atoms with Gasteiger partial charge in [0.2, 0.25) is 5.91 Å². The number of hydrogen-bond acceptors (Lipinski definition) is 4. The summed E-state index contributed by atoms with van der Waals surface area (Å²) in [6.45, 7) is 0.831. The number of amides is 1. The second-order valence-corrected chi connectivity index (χ2v) is 5.85. The van der Waals surface area contributed by atoms with Crippen LogP contribution in [0.3, 0.4) is 0 Å². The molecule has 0 fully saturated rings. The van der Waals surface area contributed by atoms with E-state index in [1.54, 1.807) is 25.3 Å². The van der Waals surface area contributed by atoms with Crippen LogP contribution in [0.1, 0.15) is 0 Å². The SMILES string of the molecule is COCCNC(=O)CS(=O)c1cc(Br)ccc1N. The Bertz CT molecular complexity index is 454. The molecule has 1 atom stereocenters. The van der Waals surface area contributed by atoms with Gasteiger partial charge in [0.25, 0.3) is 0 Å². The van der Waals surface area contributed by atoms with E-state index in [-0.39, 0.29) is 11.7 Å². The number of methoxy groups -OCH3 is 1. The Morgan fingerprint density at radius 1 is 1.56 bits per heavy atom. The van der Waals surface area contributed by atoms with Gasteiger partial charge in [0.15, 0.2) is 0 Å². The van der Waals surface area contributed by atoms with Crippen molar-refractivity contribution in [3.8, 4) is 0 Å². The summed E-state index contributed by atoms with van der Waals surface area (Å²) in [4.78, 5) is 11.9. The van der Waals surface area contributed by atoms with Crippen molar-refractivity contribution in [2.45, 2.75) is 4.90 Å². The Morgan fingerprint density at radius 2 is 2.28 bits per heavy atom. The van der Waals surface area contributed by atoms with Crippen molar-refractivity contribution in [3.63, 3.8) is 0 Å². The summed E-state index contributed by atoms with van der Waals surface area (Å²) in [5, 5.41) is 2.61. The van der Waals surface area contributed by atoms with Crippen LogP contribution in [0, 0.1) is 0 Å². The highest BCUT2D eigenvalue weighted by Crippen LogP contribution is 2.21. The molecule has 0 aliphatic rings. The number of carbonyl (C=O) groups is 1. The number of carbonyl (C=O) groups excluding carboxylic acids is 1. The van der Waals surface area contributed by atoms with Crippen LogP contribution in [0.25, 0.3) is 0 Å². The molecule has 1 rings (SSSR count). The van der Waals surface area contributed by atoms with Crippen LogP contribution in [-0.4, -0.2) is 36.1 Å². The number of nitrogens with one attached hydrogen (secondary N) is 1. The van der Waals surface area contributed by atoms with E-state index in [2.05, 4.69) is 21.2 Å². The van der Waals surface area contributed by atoms with E-state index in [0.717, 1.165) is 4.47 Å². The number of anilines is 1. The lowest BCUT2D eigenvalue weighted by Gasteiger charge is -2.07. The largest absolute Gasteiger partial charge is 0.398 e. The molecule has 1 aromatic rings. The van der Waals surface area contributed by atoms with Gasteiger partial charge in [-0.05, 0) is 18.2 Å². The Morgan fingerprint density at radius 3 is 2.94 bits per heavy atom. The van der Waals surface area contributed by atoms with Gasteiger partial charge in [-0.2, -0.15) is 0 Å². The van der Waals surface area contributed by atoms with Crippen LogP contribution in [0.15, 0.2) is 27.6 Å². The van der Waals surface area contributed by atoms with Gasteiger partial charge in [-0.1, -0.05) is 15.9 Å². The summed E-state index contributed by atoms with van der Waals surface area (Å²) >= 11 is 3.28. The normalized spacial score (nSPS) is 12.1. The number of hydrogen-bond donors (Lipinski definition) is 2. The first kappa shape index (κ1) is 15.1. The highest BCUT2D eigenvalue weighted by Gasteiger charge is 2.13. The number of nitrogens with two attached hydrogens (primary N) is 1. The van der Waals surface area contributed by atoms with Crippen molar-refractivity contribution in [2.24, 2.45) is 0 Å². The van der Waals surface area contributed by atoms with Gasteiger partial charge in [-0.3, -0.25) is 9.00 Å². The number of ether oxygens (including phenoxy) is 1. The molecule has 0 aliphatic carbocycles. The predicted molar refractivity (Wildman–Crippen MR) is 74.7 cm³/mol. The first-order chi connectivity index (χ1) is 8.54. The third-order valence-corrected chi connectivity index (χ3v) is 3.97. The van der Waals surface area contributed by atoms with E-state index in [4.69, 9.17) is 10.5 Å². The smallest absolute Gasteiger partial charge is 0.233 e. The van der Waals surface area contributed by atoms with E-state index < -0.39 is 10.8 Å². The lowest BCUT2D eigenvalue weighted by molar-refractivity contribution is -0.118. The third-order valence-electron chi connectivity index (χ3n) is 2.11. The lowest BCUT2D eigenvalue weighted by Crippen LogP contribution is -2.31. The molecule has 1 aromatic carbocycles. The van der Waals surface area contributed by atoms with Crippen molar-refractivity contribution < 1.29 is 13.7 Å². The monoisotopic (exact) mass is 334 g/mol. The average Bonchev–Trinajstić information content (AvgIpc) is 2.32. The van der Waals surface area contributed by atoms with E-state index >= 15 is 0 Å². The number of halogens is 1. The summed E-state index contributed by atoms with van der Waals surface area (Å²) in [6, 6.07) is 5.07. The Labute approximate surface area is 117 Å². The molecule has 1 amide bonds. The predicted octanol–water partition coefficient (Wildman–Crippen LogP) is 0.902. The zero-order valence-electron chi connectivity index (χ0n) is 9.94. The molecule has 0 aromatic heterocycles. The van der Waals surface area contributed by atoms with Crippen LogP contribution in [0.5, 0.6) is 0 Å². The fraction of sp³-hybridized carbons (Fsp3) is 0.364. The summed E-state index contributed by atoms with van der Waals surface area (Å²) in [7, 11) is 0.0995.